The highest BCUT2D eigenvalue weighted by molar-refractivity contribution is 5.77. The second-order valence-corrected chi connectivity index (χ2v) is 4.97. The molecule has 0 spiro atoms. The predicted molar refractivity (Wildman–Crippen MR) is 79.0 cm³/mol. The smallest absolute Gasteiger partial charge is 0.222 e. The van der Waals surface area contributed by atoms with Gasteiger partial charge in [0.05, 0.1) is 5.69 Å². The van der Waals surface area contributed by atoms with Crippen molar-refractivity contribution in [3.8, 4) is 0 Å². The van der Waals surface area contributed by atoms with Crippen molar-refractivity contribution in [2.75, 3.05) is 24.1 Å². The van der Waals surface area contributed by atoms with Crippen molar-refractivity contribution in [1.82, 2.24) is 10.3 Å². The minimum Gasteiger partial charge on any atom is -0.396 e. The number of aromatic nitrogens is 1. The van der Waals surface area contributed by atoms with E-state index in [4.69, 9.17) is 5.73 Å². The third-order valence-corrected chi connectivity index (χ3v) is 2.79. The Kier molecular flexibility index (Phi) is 6.12. The fourth-order valence-electron chi connectivity index (χ4n) is 1.58. The first-order valence-electron chi connectivity index (χ1n) is 6.75. The van der Waals surface area contributed by atoms with E-state index in [1.807, 2.05) is 32.9 Å². The average molecular weight is 264 g/mol. The van der Waals surface area contributed by atoms with Crippen LogP contribution in [0.25, 0.3) is 0 Å². The van der Waals surface area contributed by atoms with Gasteiger partial charge in [-0.1, -0.05) is 13.8 Å². The maximum absolute atomic E-state index is 11.3. The summed E-state index contributed by atoms with van der Waals surface area (Å²) in [6, 6.07) is 3.75. The van der Waals surface area contributed by atoms with Crippen LogP contribution in [0.5, 0.6) is 0 Å². The third kappa shape index (κ3) is 5.59. The Morgan fingerprint density at radius 3 is 2.68 bits per heavy atom. The third-order valence-electron chi connectivity index (χ3n) is 2.79. The number of nitrogens with two attached hydrogens (primary N) is 1. The van der Waals surface area contributed by atoms with Crippen molar-refractivity contribution >= 4 is 17.4 Å². The topological polar surface area (TPSA) is 80.0 Å². The highest BCUT2D eigenvalue weighted by atomic mass is 16.1. The summed E-state index contributed by atoms with van der Waals surface area (Å²) in [4.78, 5) is 15.7. The summed E-state index contributed by atoms with van der Waals surface area (Å²) >= 11 is 0. The number of nitrogens with one attached hydrogen (secondary N) is 2. The summed E-state index contributed by atoms with van der Waals surface area (Å²) in [5, 5.41) is 6.11. The van der Waals surface area contributed by atoms with Crippen LogP contribution in [0, 0.1) is 12.8 Å². The quantitative estimate of drug-likeness (QED) is 0.657. The molecule has 1 heterocycles. The molecule has 5 nitrogen and oxygen atoms in total. The molecule has 0 saturated heterocycles. The van der Waals surface area contributed by atoms with E-state index >= 15 is 0 Å². The molecule has 1 aromatic heterocycles. The fraction of sp³-hybridized carbons (Fsp3) is 0.571. The molecule has 4 N–H and O–H groups in total. The van der Waals surface area contributed by atoms with Crippen molar-refractivity contribution in [2.45, 2.75) is 33.6 Å². The number of unbranched alkanes of at least 4 members (excludes halogenated alkanes) is 1. The molecule has 0 aliphatic rings. The molecule has 0 aliphatic heterocycles. The molecule has 0 aliphatic carbocycles. The molecule has 1 rings (SSSR count). The molecule has 19 heavy (non-hydrogen) atoms. The molecule has 0 atom stereocenters. The normalized spacial score (nSPS) is 10.5. The van der Waals surface area contributed by atoms with E-state index < -0.39 is 0 Å². The number of hydrogen-bond donors (Lipinski definition) is 3. The number of aryl methyl sites for hydroxylation is 1. The number of hydrogen-bond acceptors (Lipinski definition) is 4. The van der Waals surface area contributed by atoms with Crippen molar-refractivity contribution in [3.05, 3.63) is 17.8 Å². The zero-order chi connectivity index (χ0) is 14.3. The lowest BCUT2D eigenvalue weighted by atomic mass is 10.2. The molecule has 0 fully saturated rings. The molecular formula is C14H24N4O. The van der Waals surface area contributed by atoms with Gasteiger partial charge in [0, 0.05) is 24.7 Å². The number of nitrogens with zero attached hydrogens (tertiary/aromatic N) is 1. The molecule has 106 valence electrons. The molecule has 1 amide bonds. The highest BCUT2D eigenvalue weighted by Gasteiger charge is 2.04. The Hall–Kier alpha value is -1.78. The van der Waals surface area contributed by atoms with Crippen LogP contribution >= 0.6 is 0 Å². The van der Waals surface area contributed by atoms with Crippen LogP contribution in [0.2, 0.25) is 0 Å². The number of nitrogen functional groups attached to an aromatic ring is 1. The maximum Gasteiger partial charge on any atom is 0.222 e. The maximum atomic E-state index is 11.3. The zero-order valence-corrected chi connectivity index (χ0v) is 12.0. The monoisotopic (exact) mass is 264 g/mol. The van der Waals surface area contributed by atoms with Gasteiger partial charge in [0.15, 0.2) is 0 Å². The van der Waals surface area contributed by atoms with Gasteiger partial charge >= 0.3 is 0 Å². The SMILES string of the molecule is Cc1ccc(N)c(NCCCCNC(=O)C(C)C)n1. The predicted octanol–water partition coefficient (Wildman–Crippen LogP) is 1.94. The standard InChI is InChI=1S/C14H24N4O/c1-10(2)14(19)17-9-5-4-8-16-13-12(15)7-6-11(3)18-13/h6-7,10H,4-5,8-9,15H2,1-3H3,(H,16,18)(H,17,19). The van der Waals surface area contributed by atoms with Crippen LogP contribution in [0.15, 0.2) is 12.1 Å². The molecule has 0 bridgehead atoms. The van der Waals surface area contributed by atoms with Crippen LogP contribution in [0.4, 0.5) is 11.5 Å². The Bertz CT molecular complexity index is 418. The molecule has 1 aromatic rings. The zero-order valence-electron chi connectivity index (χ0n) is 12.0. The van der Waals surface area contributed by atoms with Gasteiger partial charge < -0.3 is 16.4 Å². The summed E-state index contributed by atoms with van der Waals surface area (Å²) in [6.45, 7) is 7.24. The van der Waals surface area contributed by atoms with Crippen LogP contribution < -0.4 is 16.4 Å². The number of pyridine rings is 1. The van der Waals surface area contributed by atoms with E-state index in [1.54, 1.807) is 0 Å². The van der Waals surface area contributed by atoms with Gasteiger partial charge in [0.25, 0.3) is 0 Å². The lowest BCUT2D eigenvalue weighted by Crippen LogP contribution is -2.28. The number of carbonyl (C=O) groups is 1. The molecule has 0 radical (unpaired) electrons. The van der Waals surface area contributed by atoms with Crippen molar-refractivity contribution in [3.63, 3.8) is 0 Å². The van der Waals surface area contributed by atoms with Crippen molar-refractivity contribution in [1.29, 1.82) is 0 Å². The van der Waals surface area contributed by atoms with E-state index in [2.05, 4.69) is 15.6 Å². The fourth-order valence-corrected chi connectivity index (χ4v) is 1.58. The number of carbonyl (C=O) groups excluding carboxylic acids is 1. The second-order valence-electron chi connectivity index (χ2n) is 4.97. The summed E-state index contributed by atoms with van der Waals surface area (Å²) < 4.78 is 0. The van der Waals surface area contributed by atoms with E-state index in [0.717, 1.165) is 37.4 Å². The number of amides is 1. The summed E-state index contributed by atoms with van der Waals surface area (Å²) in [6.07, 6.45) is 1.91. The Balaban J connectivity index is 2.17. The van der Waals surface area contributed by atoms with Crippen LogP contribution in [0.3, 0.4) is 0 Å². The van der Waals surface area contributed by atoms with Gasteiger partial charge in [-0.3, -0.25) is 4.79 Å². The van der Waals surface area contributed by atoms with Gasteiger partial charge in [0.1, 0.15) is 5.82 Å². The van der Waals surface area contributed by atoms with Gasteiger partial charge in [-0.05, 0) is 31.9 Å². The molecule has 0 saturated carbocycles. The Morgan fingerprint density at radius 2 is 2.00 bits per heavy atom. The van der Waals surface area contributed by atoms with Crippen LogP contribution in [0.1, 0.15) is 32.4 Å². The highest BCUT2D eigenvalue weighted by Crippen LogP contribution is 2.14. The Labute approximate surface area is 115 Å². The summed E-state index contributed by atoms with van der Waals surface area (Å²) in [5.41, 5.74) is 7.43. The largest absolute Gasteiger partial charge is 0.396 e. The molecule has 5 heteroatoms. The van der Waals surface area contributed by atoms with Crippen LogP contribution in [-0.2, 0) is 4.79 Å². The summed E-state index contributed by atoms with van der Waals surface area (Å²) in [7, 11) is 0. The summed E-state index contributed by atoms with van der Waals surface area (Å²) in [5.74, 6) is 0.901. The minimum absolute atomic E-state index is 0.0504. The Morgan fingerprint density at radius 1 is 1.32 bits per heavy atom. The minimum atomic E-state index is 0.0504. The number of anilines is 2. The molecular weight excluding hydrogens is 240 g/mol. The second kappa shape index (κ2) is 7.61. The average Bonchev–Trinajstić information content (AvgIpc) is 2.37. The lowest BCUT2D eigenvalue weighted by molar-refractivity contribution is -0.123. The van der Waals surface area contributed by atoms with Gasteiger partial charge in [-0.2, -0.15) is 0 Å². The van der Waals surface area contributed by atoms with E-state index in [-0.39, 0.29) is 11.8 Å². The van der Waals surface area contributed by atoms with E-state index in [0.29, 0.717) is 5.69 Å². The first kappa shape index (κ1) is 15.3. The van der Waals surface area contributed by atoms with Crippen molar-refractivity contribution < 1.29 is 4.79 Å². The molecule has 0 aromatic carbocycles. The van der Waals surface area contributed by atoms with Gasteiger partial charge in [0.2, 0.25) is 5.91 Å². The van der Waals surface area contributed by atoms with E-state index in [1.165, 1.54) is 0 Å². The number of rotatable bonds is 7. The first-order valence-corrected chi connectivity index (χ1v) is 6.75. The molecule has 0 unspecified atom stereocenters. The van der Waals surface area contributed by atoms with Gasteiger partial charge in [-0.15, -0.1) is 0 Å². The van der Waals surface area contributed by atoms with Crippen molar-refractivity contribution in [2.24, 2.45) is 5.92 Å². The van der Waals surface area contributed by atoms with Crippen LogP contribution in [-0.4, -0.2) is 24.0 Å². The lowest BCUT2D eigenvalue weighted by Gasteiger charge is -2.10. The first-order chi connectivity index (χ1) is 9.00. The van der Waals surface area contributed by atoms with Gasteiger partial charge in [-0.25, -0.2) is 4.98 Å². The van der Waals surface area contributed by atoms with E-state index in [9.17, 15) is 4.79 Å².